The van der Waals surface area contributed by atoms with Gasteiger partial charge in [-0.1, -0.05) is 0 Å². The monoisotopic (exact) mass is 306 g/mol. The molecule has 102 valence electrons. The summed E-state index contributed by atoms with van der Waals surface area (Å²) in [5.74, 6) is -1.21. The number of aromatic amines is 1. The van der Waals surface area contributed by atoms with Crippen LogP contribution < -0.4 is 5.43 Å². The fraction of sp³-hybridized carbons (Fsp3) is 0.154. The fourth-order valence-electron chi connectivity index (χ4n) is 2.25. The summed E-state index contributed by atoms with van der Waals surface area (Å²) in [4.78, 5) is 26.5. The van der Waals surface area contributed by atoms with Crippen molar-refractivity contribution in [3.8, 4) is 0 Å². The predicted molar refractivity (Wildman–Crippen MR) is 81.4 cm³/mol. The van der Waals surface area contributed by atoms with Gasteiger partial charge in [-0.2, -0.15) is 0 Å². The number of thiazole rings is 1. The number of carboxylic acid groups (broad SMARTS) is 1. The van der Waals surface area contributed by atoms with Gasteiger partial charge in [0.2, 0.25) is 5.43 Å². The van der Waals surface area contributed by atoms with Crippen LogP contribution in [-0.4, -0.2) is 20.6 Å². The number of fused-ring (bicyclic) bond motifs is 2. The molecular formula is C13H10N2O3S2. The van der Waals surface area contributed by atoms with Gasteiger partial charge in [-0.05, 0) is 31.3 Å². The van der Waals surface area contributed by atoms with Gasteiger partial charge in [-0.3, -0.25) is 4.79 Å². The molecule has 5 nitrogen and oxygen atoms in total. The van der Waals surface area contributed by atoms with Gasteiger partial charge < -0.3 is 14.7 Å². The standard InChI is InChI=1S/C13H10N2O3S2/c1-2-15-5-7(12(17)18)11(16)6-3-10-8(4-9(6)15)14-13(19)20-10/h3-5H,2H2,1H3,(H,14,19)(H,17,18). The molecule has 1 aromatic carbocycles. The maximum absolute atomic E-state index is 12.3. The number of nitrogens with one attached hydrogen (secondary N) is 1. The molecule has 0 amide bonds. The van der Waals surface area contributed by atoms with Crippen LogP contribution in [-0.2, 0) is 6.54 Å². The minimum Gasteiger partial charge on any atom is -0.477 e. The third-order valence-corrected chi connectivity index (χ3v) is 4.39. The summed E-state index contributed by atoms with van der Waals surface area (Å²) in [7, 11) is 0. The van der Waals surface area contributed by atoms with Gasteiger partial charge in [-0.25, -0.2) is 4.79 Å². The van der Waals surface area contributed by atoms with E-state index in [0.717, 1.165) is 10.2 Å². The summed E-state index contributed by atoms with van der Waals surface area (Å²) < 4.78 is 3.24. The second-order valence-electron chi connectivity index (χ2n) is 4.34. The van der Waals surface area contributed by atoms with Gasteiger partial charge in [-0.15, -0.1) is 11.3 Å². The highest BCUT2D eigenvalue weighted by molar-refractivity contribution is 7.73. The van der Waals surface area contributed by atoms with Crippen molar-refractivity contribution in [2.45, 2.75) is 13.5 Å². The van der Waals surface area contributed by atoms with E-state index in [4.69, 9.17) is 17.3 Å². The summed E-state index contributed by atoms with van der Waals surface area (Å²) in [6, 6.07) is 3.55. The van der Waals surface area contributed by atoms with Crippen molar-refractivity contribution < 1.29 is 9.90 Å². The molecule has 0 unspecified atom stereocenters. The van der Waals surface area contributed by atoms with Gasteiger partial charge in [0, 0.05) is 18.1 Å². The average molecular weight is 306 g/mol. The first-order valence-corrected chi connectivity index (χ1v) is 7.17. The zero-order chi connectivity index (χ0) is 14.4. The van der Waals surface area contributed by atoms with Crippen molar-refractivity contribution in [3.63, 3.8) is 0 Å². The first-order valence-electron chi connectivity index (χ1n) is 5.94. The zero-order valence-electron chi connectivity index (χ0n) is 10.5. The van der Waals surface area contributed by atoms with Crippen LogP contribution in [0.15, 0.2) is 23.1 Å². The highest BCUT2D eigenvalue weighted by Crippen LogP contribution is 2.24. The van der Waals surface area contributed by atoms with E-state index in [1.165, 1.54) is 17.5 Å². The molecule has 0 radical (unpaired) electrons. The Bertz CT molecular complexity index is 965. The predicted octanol–water partition coefficient (Wildman–Crippen LogP) is 2.99. The Labute approximate surface area is 122 Å². The van der Waals surface area contributed by atoms with E-state index >= 15 is 0 Å². The average Bonchev–Trinajstić information content (AvgIpc) is 2.76. The van der Waals surface area contributed by atoms with Crippen LogP contribution in [0.1, 0.15) is 17.3 Å². The minimum absolute atomic E-state index is 0.210. The molecule has 0 aliphatic carbocycles. The van der Waals surface area contributed by atoms with E-state index in [2.05, 4.69) is 4.98 Å². The first kappa shape index (κ1) is 13.0. The van der Waals surface area contributed by atoms with E-state index < -0.39 is 11.4 Å². The molecule has 2 N–H and O–H groups in total. The Morgan fingerprint density at radius 2 is 2.25 bits per heavy atom. The number of H-pyrrole nitrogens is 1. The Kier molecular flexibility index (Phi) is 2.95. The molecule has 0 atom stereocenters. The zero-order valence-corrected chi connectivity index (χ0v) is 12.1. The molecular weight excluding hydrogens is 296 g/mol. The molecule has 3 aromatic rings. The third-order valence-electron chi connectivity index (χ3n) is 3.19. The number of carbonyl (C=O) groups is 1. The summed E-state index contributed by atoms with van der Waals surface area (Å²) >= 11 is 6.46. The number of pyridine rings is 1. The van der Waals surface area contributed by atoms with Crippen LogP contribution in [0.3, 0.4) is 0 Å². The summed E-state index contributed by atoms with van der Waals surface area (Å²) in [6.07, 6.45) is 1.39. The quantitative estimate of drug-likeness (QED) is 0.714. The van der Waals surface area contributed by atoms with Crippen molar-refractivity contribution >= 4 is 50.6 Å². The summed E-state index contributed by atoms with van der Waals surface area (Å²) in [5, 5.41) is 9.54. The lowest BCUT2D eigenvalue weighted by Gasteiger charge is -2.09. The maximum Gasteiger partial charge on any atom is 0.341 e. The molecule has 2 heterocycles. The largest absolute Gasteiger partial charge is 0.477 e. The second kappa shape index (κ2) is 4.53. The number of carboxylic acids is 1. The number of aromatic carboxylic acids is 1. The molecule has 2 aromatic heterocycles. The maximum atomic E-state index is 12.3. The number of aryl methyl sites for hydroxylation is 1. The lowest BCUT2D eigenvalue weighted by atomic mass is 10.1. The van der Waals surface area contributed by atoms with Crippen LogP contribution in [0.5, 0.6) is 0 Å². The molecule has 0 saturated heterocycles. The SMILES string of the molecule is CCn1cc(C(=O)O)c(=O)c2cc3sc(=S)[nH]c3cc21. The smallest absolute Gasteiger partial charge is 0.341 e. The molecule has 0 aliphatic heterocycles. The number of rotatable bonds is 2. The minimum atomic E-state index is -1.21. The van der Waals surface area contributed by atoms with E-state index in [1.54, 1.807) is 10.6 Å². The highest BCUT2D eigenvalue weighted by Gasteiger charge is 2.15. The molecule has 0 aliphatic rings. The lowest BCUT2D eigenvalue weighted by Crippen LogP contribution is -2.18. The van der Waals surface area contributed by atoms with Gasteiger partial charge in [0.05, 0.1) is 15.7 Å². The Balaban J connectivity index is 2.55. The summed E-state index contributed by atoms with van der Waals surface area (Å²) in [6.45, 7) is 2.48. The lowest BCUT2D eigenvalue weighted by molar-refractivity contribution is 0.0695. The Morgan fingerprint density at radius 1 is 1.50 bits per heavy atom. The normalized spacial score (nSPS) is 11.2. The van der Waals surface area contributed by atoms with Crippen LogP contribution >= 0.6 is 23.6 Å². The topological polar surface area (TPSA) is 75.1 Å². The fourth-order valence-corrected chi connectivity index (χ4v) is 3.39. The van der Waals surface area contributed by atoms with E-state index in [9.17, 15) is 9.59 Å². The number of hydrogen-bond donors (Lipinski definition) is 2. The van der Waals surface area contributed by atoms with Crippen molar-refractivity contribution in [1.29, 1.82) is 0 Å². The molecule has 20 heavy (non-hydrogen) atoms. The Morgan fingerprint density at radius 3 is 2.90 bits per heavy atom. The number of benzene rings is 1. The number of hydrogen-bond acceptors (Lipinski definition) is 4. The number of aromatic nitrogens is 2. The van der Waals surface area contributed by atoms with Crippen LogP contribution in [0.25, 0.3) is 21.1 Å². The van der Waals surface area contributed by atoms with E-state index in [-0.39, 0.29) is 5.56 Å². The van der Waals surface area contributed by atoms with Crippen LogP contribution in [0.2, 0.25) is 0 Å². The van der Waals surface area contributed by atoms with Crippen molar-refractivity contribution in [1.82, 2.24) is 9.55 Å². The van der Waals surface area contributed by atoms with Gasteiger partial charge in [0.25, 0.3) is 0 Å². The molecule has 0 saturated carbocycles. The molecule has 0 spiro atoms. The third kappa shape index (κ3) is 1.86. The van der Waals surface area contributed by atoms with E-state index in [1.807, 2.05) is 13.0 Å². The first-order chi connectivity index (χ1) is 9.51. The Hall–Kier alpha value is -1.99. The van der Waals surface area contributed by atoms with Gasteiger partial charge in [0.1, 0.15) is 5.56 Å². The van der Waals surface area contributed by atoms with Gasteiger partial charge >= 0.3 is 5.97 Å². The molecule has 0 fully saturated rings. The second-order valence-corrected chi connectivity index (χ2v) is 6.06. The van der Waals surface area contributed by atoms with Gasteiger partial charge in [0.15, 0.2) is 3.95 Å². The van der Waals surface area contributed by atoms with E-state index in [0.29, 0.717) is 21.4 Å². The molecule has 0 bridgehead atoms. The van der Waals surface area contributed by atoms with Crippen LogP contribution in [0, 0.1) is 3.95 Å². The van der Waals surface area contributed by atoms with Crippen molar-refractivity contribution in [3.05, 3.63) is 38.1 Å². The van der Waals surface area contributed by atoms with Crippen molar-refractivity contribution in [2.75, 3.05) is 0 Å². The summed E-state index contributed by atoms with van der Waals surface area (Å²) in [5.41, 5.74) is 0.896. The van der Waals surface area contributed by atoms with Crippen molar-refractivity contribution in [2.24, 2.45) is 0 Å². The molecule has 3 rings (SSSR count). The number of nitrogens with zero attached hydrogens (tertiary/aromatic N) is 1. The molecule has 7 heteroatoms. The van der Waals surface area contributed by atoms with Crippen LogP contribution in [0.4, 0.5) is 0 Å². The highest BCUT2D eigenvalue weighted by atomic mass is 32.1.